The lowest BCUT2D eigenvalue weighted by Crippen LogP contribution is -2.12. The third kappa shape index (κ3) is 2.51. The summed E-state index contributed by atoms with van der Waals surface area (Å²) in [5.41, 5.74) is -0.0799. The second kappa shape index (κ2) is 3.90. The van der Waals surface area contributed by atoms with Crippen LogP contribution in [0.5, 0.6) is 0 Å². The van der Waals surface area contributed by atoms with Crippen molar-refractivity contribution in [2.45, 2.75) is 33.1 Å². The molecule has 0 aromatic heterocycles. The highest BCUT2D eigenvalue weighted by atomic mass is 14.3. The molecule has 0 aliphatic carbocycles. The molecular formula is C8H12N2. The molecule has 0 aromatic rings. The van der Waals surface area contributed by atoms with E-state index in [2.05, 4.69) is 12.1 Å². The van der Waals surface area contributed by atoms with E-state index in [1.807, 2.05) is 13.8 Å². The quantitative estimate of drug-likeness (QED) is 0.597. The van der Waals surface area contributed by atoms with Crippen molar-refractivity contribution in [3.05, 3.63) is 0 Å². The molecule has 10 heavy (non-hydrogen) atoms. The fourth-order valence-electron chi connectivity index (χ4n) is 0.694. The normalized spacial score (nSPS) is 10.0. The molecule has 0 fully saturated rings. The van der Waals surface area contributed by atoms with Crippen molar-refractivity contribution >= 4 is 0 Å². The van der Waals surface area contributed by atoms with Gasteiger partial charge in [-0.2, -0.15) is 10.5 Å². The monoisotopic (exact) mass is 136 g/mol. The molecule has 0 bridgehead atoms. The van der Waals surface area contributed by atoms with Crippen molar-refractivity contribution in [2.75, 3.05) is 0 Å². The van der Waals surface area contributed by atoms with Crippen LogP contribution in [-0.2, 0) is 0 Å². The largest absolute Gasteiger partial charge is 0.198 e. The van der Waals surface area contributed by atoms with E-state index < -0.39 is 0 Å². The molecule has 0 radical (unpaired) electrons. The van der Waals surface area contributed by atoms with Gasteiger partial charge in [0.15, 0.2) is 0 Å². The van der Waals surface area contributed by atoms with Crippen LogP contribution in [0.1, 0.15) is 33.1 Å². The highest BCUT2D eigenvalue weighted by Crippen LogP contribution is 2.28. The Morgan fingerprint density at radius 2 is 1.60 bits per heavy atom. The zero-order valence-electron chi connectivity index (χ0n) is 6.52. The Hall–Kier alpha value is -1.02. The Balaban J connectivity index is 4.00. The van der Waals surface area contributed by atoms with Gasteiger partial charge in [-0.15, -0.1) is 0 Å². The summed E-state index contributed by atoms with van der Waals surface area (Å²) >= 11 is 0. The van der Waals surface area contributed by atoms with Gasteiger partial charge in [-0.25, -0.2) is 0 Å². The summed E-state index contributed by atoms with van der Waals surface area (Å²) in [6.07, 6.45) is 1.86. The lowest BCUT2D eigenvalue weighted by molar-refractivity contribution is 0.327. The Morgan fingerprint density at radius 3 is 1.80 bits per heavy atom. The van der Waals surface area contributed by atoms with Crippen LogP contribution in [0.25, 0.3) is 0 Å². The number of hydrogen-bond acceptors (Lipinski definition) is 2. The maximum absolute atomic E-state index is 8.40. The van der Waals surface area contributed by atoms with E-state index in [0.29, 0.717) is 12.8 Å². The van der Waals surface area contributed by atoms with Crippen LogP contribution in [0.2, 0.25) is 0 Å². The van der Waals surface area contributed by atoms with Gasteiger partial charge < -0.3 is 0 Å². The van der Waals surface area contributed by atoms with Gasteiger partial charge in [0.25, 0.3) is 0 Å². The van der Waals surface area contributed by atoms with Gasteiger partial charge in [0, 0.05) is 12.8 Å². The molecule has 0 N–H and O–H groups in total. The van der Waals surface area contributed by atoms with E-state index >= 15 is 0 Å². The molecule has 0 aromatic carbocycles. The summed E-state index contributed by atoms with van der Waals surface area (Å²) in [4.78, 5) is 0. The molecule has 0 saturated carbocycles. The molecule has 0 unspecified atom stereocenters. The van der Waals surface area contributed by atoms with Crippen molar-refractivity contribution < 1.29 is 0 Å². The zero-order valence-corrected chi connectivity index (χ0v) is 6.52. The predicted molar refractivity (Wildman–Crippen MR) is 38.9 cm³/mol. The van der Waals surface area contributed by atoms with Gasteiger partial charge in [0.2, 0.25) is 0 Å². The highest BCUT2D eigenvalue weighted by Gasteiger charge is 2.20. The predicted octanol–water partition coefficient (Wildman–Crippen LogP) is 2.23. The highest BCUT2D eigenvalue weighted by molar-refractivity contribution is 4.90. The molecule has 0 atom stereocenters. The van der Waals surface area contributed by atoms with Crippen LogP contribution in [0.15, 0.2) is 0 Å². The maximum Gasteiger partial charge on any atom is 0.0627 e. The van der Waals surface area contributed by atoms with Gasteiger partial charge in [-0.3, -0.25) is 0 Å². The first kappa shape index (κ1) is 8.98. The maximum atomic E-state index is 8.40. The summed E-state index contributed by atoms with van der Waals surface area (Å²) in [6.45, 7) is 3.98. The van der Waals surface area contributed by atoms with Crippen LogP contribution in [0.4, 0.5) is 0 Å². The summed E-state index contributed by atoms with van der Waals surface area (Å²) < 4.78 is 0. The first-order chi connectivity index (χ1) is 4.68. The Kier molecular flexibility index (Phi) is 3.51. The van der Waals surface area contributed by atoms with E-state index in [0.717, 1.165) is 6.42 Å². The fraction of sp³-hybridized carbons (Fsp3) is 0.750. The summed E-state index contributed by atoms with van der Waals surface area (Å²) in [5.74, 6) is 0. The summed E-state index contributed by atoms with van der Waals surface area (Å²) in [7, 11) is 0. The molecule has 0 rings (SSSR count). The smallest absolute Gasteiger partial charge is 0.0627 e. The summed E-state index contributed by atoms with van der Waals surface area (Å²) in [5, 5.41) is 16.8. The molecule has 0 spiro atoms. The van der Waals surface area contributed by atoms with E-state index in [9.17, 15) is 0 Å². The lowest BCUT2D eigenvalue weighted by atomic mass is 9.82. The lowest BCUT2D eigenvalue weighted by Gasteiger charge is -2.20. The molecule has 54 valence electrons. The van der Waals surface area contributed by atoms with Gasteiger partial charge in [0.1, 0.15) is 0 Å². The minimum absolute atomic E-state index is 0.0799. The topological polar surface area (TPSA) is 47.6 Å². The fourth-order valence-corrected chi connectivity index (χ4v) is 0.694. The average Bonchev–Trinajstić information content (AvgIpc) is 1.89. The van der Waals surface area contributed by atoms with Gasteiger partial charge in [0.05, 0.1) is 12.1 Å². The third-order valence-electron chi connectivity index (χ3n) is 1.87. The van der Waals surface area contributed by atoms with E-state index in [1.54, 1.807) is 0 Å². The van der Waals surface area contributed by atoms with Crippen LogP contribution in [0.3, 0.4) is 0 Å². The van der Waals surface area contributed by atoms with E-state index in [1.165, 1.54) is 0 Å². The van der Waals surface area contributed by atoms with Crippen molar-refractivity contribution in [1.29, 1.82) is 10.5 Å². The van der Waals surface area contributed by atoms with Crippen molar-refractivity contribution in [3.8, 4) is 12.1 Å². The SMILES string of the molecule is CCC(C)(CC#N)CC#N. The average molecular weight is 136 g/mol. The Bertz CT molecular complexity index is 155. The first-order valence-corrected chi connectivity index (χ1v) is 3.42. The number of hydrogen-bond donors (Lipinski definition) is 0. The van der Waals surface area contributed by atoms with Crippen LogP contribution < -0.4 is 0 Å². The zero-order chi connectivity index (χ0) is 8.04. The third-order valence-corrected chi connectivity index (χ3v) is 1.87. The van der Waals surface area contributed by atoms with Crippen LogP contribution >= 0.6 is 0 Å². The van der Waals surface area contributed by atoms with Gasteiger partial charge in [-0.05, 0) is 11.8 Å². The number of rotatable bonds is 3. The summed E-state index contributed by atoms with van der Waals surface area (Å²) in [6, 6.07) is 4.19. The minimum Gasteiger partial charge on any atom is -0.198 e. The van der Waals surface area contributed by atoms with Gasteiger partial charge >= 0.3 is 0 Å². The van der Waals surface area contributed by atoms with Crippen molar-refractivity contribution in [3.63, 3.8) is 0 Å². The number of nitriles is 2. The minimum atomic E-state index is -0.0799. The molecule has 0 saturated heterocycles. The van der Waals surface area contributed by atoms with Crippen molar-refractivity contribution in [2.24, 2.45) is 5.41 Å². The van der Waals surface area contributed by atoms with Crippen LogP contribution in [0, 0.1) is 28.1 Å². The van der Waals surface area contributed by atoms with Crippen molar-refractivity contribution in [1.82, 2.24) is 0 Å². The molecule has 0 aliphatic rings. The standard InChI is InChI=1S/C8H12N2/c1-3-8(2,4-6-9)5-7-10/h3-5H2,1-2H3. The molecule has 0 amide bonds. The van der Waals surface area contributed by atoms with Crippen LogP contribution in [-0.4, -0.2) is 0 Å². The molecule has 2 nitrogen and oxygen atoms in total. The Morgan fingerprint density at radius 1 is 1.20 bits per heavy atom. The number of nitrogens with zero attached hydrogens (tertiary/aromatic N) is 2. The van der Waals surface area contributed by atoms with E-state index in [4.69, 9.17) is 10.5 Å². The molecule has 0 heterocycles. The molecule has 2 heteroatoms. The molecule has 0 aliphatic heterocycles. The van der Waals surface area contributed by atoms with Gasteiger partial charge in [-0.1, -0.05) is 13.8 Å². The van der Waals surface area contributed by atoms with E-state index in [-0.39, 0.29) is 5.41 Å². The molecular weight excluding hydrogens is 124 g/mol. The second-order valence-electron chi connectivity index (χ2n) is 2.83. The Labute approximate surface area is 62.1 Å². The first-order valence-electron chi connectivity index (χ1n) is 3.42. The second-order valence-corrected chi connectivity index (χ2v) is 2.83.